The molecule has 30 heavy (non-hydrogen) atoms. The maximum atomic E-state index is 12.7. The molecule has 1 aliphatic heterocycles. The molecule has 7 heteroatoms. The molecular weight excluding hydrogens is 402 g/mol. The summed E-state index contributed by atoms with van der Waals surface area (Å²) in [7, 11) is 3.50. The zero-order chi connectivity index (χ0) is 21.3. The van der Waals surface area contributed by atoms with E-state index in [1.165, 1.54) is 0 Å². The van der Waals surface area contributed by atoms with E-state index in [1.807, 2.05) is 55.6 Å². The summed E-state index contributed by atoms with van der Waals surface area (Å²) in [6, 6.07) is 15.3. The van der Waals surface area contributed by atoms with Crippen molar-refractivity contribution in [1.29, 1.82) is 0 Å². The van der Waals surface area contributed by atoms with Gasteiger partial charge >= 0.3 is 0 Å². The third kappa shape index (κ3) is 6.36. The quantitative estimate of drug-likeness (QED) is 0.610. The van der Waals surface area contributed by atoms with Gasteiger partial charge in [-0.05, 0) is 18.2 Å². The first-order chi connectivity index (χ1) is 14.6. The molecule has 6 nitrogen and oxygen atoms in total. The minimum atomic E-state index is 0.122. The van der Waals surface area contributed by atoms with E-state index >= 15 is 0 Å². The van der Waals surface area contributed by atoms with Crippen molar-refractivity contribution in [3.63, 3.8) is 0 Å². The first-order valence-corrected chi connectivity index (χ1v) is 10.6. The van der Waals surface area contributed by atoms with Crippen molar-refractivity contribution in [2.75, 3.05) is 60.0 Å². The average molecular weight is 432 g/mol. The summed E-state index contributed by atoms with van der Waals surface area (Å²) < 4.78 is 11.2. The highest BCUT2D eigenvalue weighted by Gasteiger charge is 2.21. The van der Waals surface area contributed by atoms with E-state index < -0.39 is 0 Å². The minimum absolute atomic E-state index is 0.122. The van der Waals surface area contributed by atoms with E-state index in [4.69, 9.17) is 21.1 Å². The number of carbonyl (C=O) groups excluding carboxylic acids is 1. The van der Waals surface area contributed by atoms with Crippen LogP contribution in [0.5, 0.6) is 11.5 Å². The van der Waals surface area contributed by atoms with Crippen molar-refractivity contribution in [3.05, 3.63) is 59.1 Å². The lowest BCUT2D eigenvalue weighted by Crippen LogP contribution is -2.50. The maximum absolute atomic E-state index is 12.7. The van der Waals surface area contributed by atoms with Gasteiger partial charge in [0, 0.05) is 51.9 Å². The van der Waals surface area contributed by atoms with Crippen LogP contribution in [0, 0.1) is 0 Å². The van der Waals surface area contributed by atoms with Crippen LogP contribution in [0.15, 0.2) is 48.5 Å². The van der Waals surface area contributed by atoms with Crippen molar-refractivity contribution in [1.82, 2.24) is 14.7 Å². The smallest absolute Gasteiger partial charge is 0.236 e. The number of carbonyl (C=O) groups is 1. The summed E-state index contributed by atoms with van der Waals surface area (Å²) in [5.74, 6) is 1.66. The largest absolute Gasteiger partial charge is 0.496 e. The van der Waals surface area contributed by atoms with Gasteiger partial charge in [0.1, 0.15) is 18.1 Å². The van der Waals surface area contributed by atoms with E-state index in [0.29, 0.717) is 24.7 Å². The van der Waals surface area contributed by atoms with E-state index in [2.05, 4.69) is 9.80 Å². The Hall–Kier alpha value is -2.28. The number of nitrogens with zero attached hydrogens (tertiary/aromatic N) is 3. The minimum Gasteiger partial charge on any atom is -0.496 e. The summed E-state index contributed by atoms with van der Waals surface area (Å²) in [6.07, 6.45) is 0. The molecule has 0 aliphatic carbocycles. The highest BCUT2D eigenvalue weighted by atomic mass is 35.5. The fourth-order valence-electron chi connectivity index (χ4n) is 3.51. The van der Waals surface area contributed by atoms with Crippen LogP contribution in [0.3, 0.4) is 0 Å². The second-order valence-corrected chi connectivity index (χ2v) is 7.87. The SMILES string of the molecule is COc1ccccc1CN(C)C(=O)CN1CCN(CCOc2ccccc2Cl)CC1. The zero-order valence-electron chi connectivity index (χ0n) is 17.7. The van der Waals surface area contributed by atoms with Gasteiger partial charge in [0.2, 0.25) is 5.91 Å². The first kappa shape index (κ1) is 22.4. The Morgan fingerprint density at radius 1 is 1.00 bits per heavy atom. The van der Waals surface area contributed by atoms with Crippen molar-refractivity contribution < 1.29 is 14.3 Å². The molecule has 2 aromatic carbocycles. The van der Waals surface area contributed by atoms with Gasteiger partial charge < -0.3 is 14.4 Å². The second-order valence-electron chi connectivity index (χ2n) is 7.46. The topological polar surface area (TPSA) is 45.2 Å². The van der Waals surface area contributed by atoms with Crippen LogP contribution in [-0.4, -0.2) is 80.6 Å². The second kappa shape index (κ2) is 11.2. The molecule has 1 aliphatic rings. The lowest BCUT2D eigenvalue weighted by Gasteiger charge is -2.35. The van der Waals surface area contributed by atoms with Crippen LogP contribution in [0.25, 0.3) is 0 Å². The highest BCUT2D eigenvalue weighted by Crippen LogP contribution is 2.23. The standard InChI is InChI=1S/C23H30ClN3O3/c1-25(17-19-7-3-5-9-21(19)29-2)23(28)18-27-13-11-26(12-14-27)15-16-30-22-10-6-4-8-20(22)24/h3-10H,11-18H2,1-2H3. The predicted octanol–water partition coefficient (Wildman–Crippen LogP) is 3.00. The molecule has 3 rings (SSSR count). The summed E-state index contributed by atoms with van der Waals surface area (Å²) in [6.45, 7) is 6.04. The Bertz CT molecular complexity index is 825. The van der Waals surface area contributed by atoms with Gasteiger partial charge in [0.05, 0.1) is 18.7 Å². The predicted molar refractivity (Wildman–Crippen MR) is 119 cm³/mol. The lowest BCUT2D eigenvalue weighted by molar-refractivity contribution is -0.132. The van der Waals surface area contributed by atoms with E-state index in [1.54, 1.807) is 12.0 Å². The van der Waals surface area contributed by atoms with Gasteiger partial charge in [-0.15, -0.1) is 0 Å². The third-order valence-electron chi connectivity index (χ3n) is 5.35. The summed E-state index contributed by atoms with van der Waals surface area (Å²) >= 11 is 6.12. The molecule has 1 amide bonds. The average Bonchev–Trinajstić information content (AvgIpc) is 2.76. The number of para-hydroxylation sites is 2. The first-order valence-electron chi connectivity index (χ1n) is 10.2. The number of benzene rings is 2. The molecule has 2 aromatic rings. The molecule has 0 radical (unpaired) electrons. The van der Waals surface area contributed by atoms with E-state index in [9.17, 15) is 4.79 Å². The number of ether oxygens (including phenoxy) is 2. The molecule has 0 spiro atoms. The van der Waals surface area contributed by atoms with Gasteiger partial charge in [-0.3, -0.25) is 14.6 Å². The maximum Gasteiger partial charge on any atom is 0.236 e. The van der Waals surface area contributed by atoms with Crippen LogP contribution < -0.4 is 9.47 Å². The molecule has 1 saturated heterocycles. The van der Waals surface area contributed by atoms with Gasteiger partial charge in [-0.1, -0.05) is 41.9 Å². The number of piperazine rings is 1. The van der Waals surface area contributed by atoms with E-state index in [-0.39, 0.29) is 5.91 Å². The molecule has 0 unspecified atom stereocenters. The van der Waals surface area contributed by atoms with Crippen LogP contribution in [-0.2, 0) is 11.3 Å². The summed E-state index contributed by atoms with van der Waals surface area (Å²) in [4.78, 5) is 19.0. The Labute approximate surface area is 183 Å². The Kier molecular flexibility index (Phi) is 8.37. The monoisotopic (exact) mass is 431 g/mol. The van der Waals surface area contributed by atoms with Gasteiger partial charge in [-0.2, -0.15) is 0 Å². The Morgan fingerprint density at radius 3 is 2.33 bits per heavy atom. The van der Waals surface area contributed by atoms with Crippen molar-refractivity contribution in [2.24, 2.45) is 0 Å². The fraction of sp³-hybridized carbons (Fsp3) is 0.435. The van der Waals surface area contributed by atoms with Crippen LogP contribution in [0.1, 0.15) is 5.56 Å². The summed E-state index contributed by atoms with van der Waals surface area (Å²) in [5.41, 5.74) is 1.01. The molecule has 162 valence electrons. The number of likely N-dealkylation sites (N-methyl/N-ethyl adjacent to an activating group) is 1. The van der Waals surface area contributed by atoms with Crippen molar-refractivity contribution in [2.45, 2.75) is 6.54 Å². The number of halogens is 1. The van der Waals surface area contributed by atoms with Crippen molar-refractivity contribution in [3.8, 4) is 11.5 Å². The summed E-state index contributed by atoms with van der Waals surface area (Å²) in [5, 5.41) is 0.637. The molecular formula is C23H30ClN3O3. The van der Waals surface area contributed by atoms with Crippen LogP contribution in [0.2, 0.25) is 5.02 Å². The van der Waals surface area contributed by atoms with Crippen LogP contribution >= 0.6 is 11.6 Å². The van der Waals surface area contributed by atoms with Gasteiger partial charge in [-0.25, -0.2) is 0 Å². The number of hydrogen-bond acceptors (Lipinski definition) is 5. The fourth-order valence-corrected chi connectivity index (χ4v) is 3.70. The molecule has 1 heterocycles. The Balaban J connectivity index is 1.37. The zero-order valence-corrected chi connectivity index (χ0v) is 18.5. The Morgan fingerprint density at radius 2 is 1.63 bits per heavy atom. The molecule has 0 saturated carbocycles. The van der Waals surface area contributed by atoms with E-state index in [0.717, 1.165) is 49.8 Å². The normalized spacial score (nSPS) is 15.0. The molecule has 1 fully saturated rings. The van der Waals surface area contributed by atoms with Crippen LogP contribution in [0.4, 0.5) is 0 Å². The third-order valence-corrected chi connectivity index (χ3v) is 5.66. The molecule has 0 aromatic heterocycles. The van der Waals surface area contributed by atoms with Gasteiger partial charge in [0.15, 0.2) is 0 Å². The highest BCUT2D eigenvalue weighted by molar-refractivity contribution is 6.32. The molecule has 0 bridgehead atoms. The number of methoxy groups -OCH3 is 1. The lowest BCUT2D eigenvalue weighted by atomic mass is 10.2. The number of rotatable bonds is 9. The van der Waals surface area contributed by atoms with Gasteiger partial charge in [0.25, 0.3) is 0 Å². The number of hydrogen-bond donors (Lipinski definition) is 0. The molecule has 0 atom stereocenters. The molecule has 0 N–H and O–H groups in total. The van der Waals surface area contributed by atoms with Crippen molar-refractivity contribution >= 4 is 17.5 Å². The number of amides is 1.